The predicted octanol–water partition coefficient (Wildman–Crippen LogP) is 3.89. The van der Waals surface area contributed by atoms with E-state index in [1.165, 1.54) is 0 Å². The fourth-order valence-electron chi connectivity index (χ4n) is 5.36. The van der Waals surface area contributed by atoms with E-state index >= 15 is 0 Å². The Bertz CT molecular complexity index is 997. The van der Waals surface area contributed by atoms with E-state index < -0.39 is 13.0 Å². The molecular formula is C23H21BO4. The van der Waals surface area contributed by atoms with Crippen molar-refractivity contribution in [3.63, 3.8) is 0 Å². The zero-order valence-corrected chi connectivity index (χ0v) is 15.7. The number of fused-ring (bicyclic) bond motifs is 4. The van der Waals surface area contributed by atoms with E-state index in [0.717, 1.165) is 16.7 Å². The zero-order chi connectivity index (χ0) is 19.4. The third-order valence-electron chi connectivity index (χ3n) is 6.52. The summed E-state index contributed by atoms with van der Waals surface area (Å²) in [5.74, 6) is -0.881. The van der Waals surface area contributed by atoms with Crippen LogP contribution in [0, 0.1) is 17.8 Å². The summed E-state index contributed by atoms with van der Waals surface area (Å²) in [6.45, 7) is 2.04. The summed E-state index contributed by atoms with van der Waals surface area (Å²) in [6.07, 6.45) is 0.535. The van der Waals surface area contributed by atoms with Crippen LogP contribution in [0.2, 0.25) is 6.32 Å². The molecule has 0 amide bonds. The van der Waals surface area contributed by atoms with Crippen LogP contribution in [0.1, 0.15) is 45.7 Å². The van der Waals surface area contributed by atoms with Crippen LogP contribution in [0.3, 0.4) is 0 Å². The van der Waals surface area contributed by atoms with Crippen LogP contribution in [0.25, 0.3) is 0 Å². The van der Waals surface area contributed by atoms with E-state index in [2.05, 4.69) is 0 Å². The standard InChI is InChI=1S/C23H21BO4/c1-13-11-17-20(22(26)16-10-6-5-9-15(16)21(17)25)18-12-24(27)28-23(19(13)18)14-7-3-2-4-8-14/h2-10,17-18,20,23,27H,11-12H2,1H3/t17-,18+,20-,23-/m1/s1. The molecule has 2 aromatic carbocycles. The molecule has 0 unspecified atom stereocenters. The average Bonchev–Trinajstić information content (AvgIpc) is 2.72. The minimum atomic E-state index is -0.953. The van der Waals surface area contributed by atoms with Gasteiger partial charge in [0, 0.05) is 23.0 Å². The van der Waals surface area contributed by atoms with Crippen LogP contribution in [-0.2, 0) is 4.65 Å². The number of Topliss-reactive ketones (excluding diaryl/α,β-unsaturated/α-hetero) is 2. The van der Waals surface area contributed by atoms with Crippen LogP contribution in [-0.4, -0.2) is 23.7 Å². The Morgan fingerprint density at radius 1 is 0.929 bits per heavy atom. The van der Waals surface area contributed by atoms with Crippen molar-refractivity contribution < 1.29 is 19.3 Å². The maximum Gasteiger partial charge on any atom is 0.455 e. The summed E-state index contributed by atoms with van der Waals surface area (Å²) < 4.78 is 5.92. The number of ketones is 2. The van der Waals surface area contributed by atoms with Crippen LogP contribution in [0.5, 0.6) is 0 Å². The summed E-state index contributed by atoms with van der Waals surface area (Å²) in [4.78, 5) is 26.6. The third-order valence-corrected chi connectivity index (χ3v) is 6.52. The molecule has 0 radical (unpaired) electrons. The highest BCUT2D eigenvalue weighted by Gasteiger charge is 2.53. The van der Waals surface area contributed by atoms with Gasteiger partial charge in [0.25, 0.3) is 0 Å². The molecule has 0 aromatic heterocycles. The molecule has 1 heterocycles. The van der Waals surface area contributed by atoms with Crippen molar-refractivity contribution in [2.75, 3.05) is 0 Å². The highest BCUT2D eigenvalue weighted by molar-refractivity contribution is 6.43. The molecule has 1 saturated heterocycles. The minimum Gasteiger partial charge on any atom is -0.427 e. The number of benzene rings is 2. The van der Waals surface area contributed by atoms with Gasteiger partial charge < -0.3 is 9.68 Å². The lowest BCUT2D eigenvalue weighted by Gasteiger charge is -2.46. The Hall–Kier alpha value is -2.50. The van der Waals surface area contributed by atoms with Gasteiger partial charge in [0.1, 0.15) is 0 Å². The average molecular weight is 372 g/mol. The summed E-state index contributed by atoms with van der Waals surface area (Å²) in [6, 6.07) is 16.9. The number of allylic oxidation sites excluding steroid dienone is 1. The summed E-state index contributed by atoms with van der Waals surface area (Å²) in [5, 5.41) is 10.5. The molecule has 0 saturated carbocycles. The second-order valence-corrected chi connectivity index (χ2v) is 8.07. The fourth-order valence-corrected chi connectivity index (χ4v) is 5.36. The van der Waals surface area contributed by atoms with Crippen LogP contribution < -0.4 is 0 Å². The molecule has 5 heteroatoms. The van der Waals surface area contributed by atoms with E-state index in [1.807, 2.05) is 43.3 Å². The predicted molar refractivity (Wildman–Crippen MR) is 106 cm³/mol. The van der Waals surface area contributed by atoms with E-state index in [-0.39, 0.29) is 29.5 Å². The first-order valence-corrected chi connectivity index (χ1v) is 9.81. The van der Waals surface area contributed by atoms with E-state index in [0.29, 0.717) is 23.9 Å². The van der Waals surface area contributed by atoms with Gasteiger partial charge in [-0.2, -0.15) is 0 Å². The molecule has 4 nitrogen and oxygen atoms in total. The molecule has 1 aliphatic heterocycles. The highest BCUT2D eigenvalue weighted by atomic mass is 16.5. The smallest absolute Gasteiger partial charge is 0.427 e. The Morgan fingerprint density at radius 2 is 1.57 bits per heavy atom. The van der Waals surface area contributed by atoms with Gasteiger partial charge in [-0.05, 0) is 36.7 Å². The van der Waals surface area contributed by atoms with Gasteiger partial charge in [0.05, 0.1) is 6.10 Å². The first-order chi connectivity index (χ1) is 13.6. The molecule has 4 atom stereocenters. The van der Waals surface area contributed by atoms with Gasteiger partial charge in [0.2, 0.25) is 0 Å². The molecule has 1 fully saturated rings. The summed E-state index contributed by atoms with van der Waals surface area (Å²) in [5.41, 5.74) is 4.20. The number of rotatable bonds is 1. The highest BCUT2D eigenvalue weighted by Crippen LogP contribution is 2.53. The molecular weight excluding hydrogens is 351 g/mol. The quantitative estimate of drug-likeness (QED) is 0.610. The van der Waals surface area contributed by atoms with Crippen molar-refractivity contribution in [1.82, 2.24) is 0 Å². The van der Waals surface area contributed by atoms with Crippen LogP contribution >= 0.6 is 0 Å². The van der Waals surface area contributed by atoms with E-state index in [4.69, 9.17) is 4.65 Å². The molecule has 0 bridgehead atoms. The number of carbonyl (C=O) groups is 2. The van der Waals surface area contributed by atoms with Crippen molar-refractivity contribution in [1.29, 1.82) is 0 Å². The third kappa shape index (κ3) is 2.54. The SMILES string of the molecule is CC1=C2[C@@H](c3ccccc3)OB(O)C[C@@H]2[C@@H]2C(=O)c3ccccc3C(=O)[C@@H]2C1. The largest absolute Gasteiger partial charge is 0.455 e. The summed E-state index contributed by atoms with van der Waals surface area (Å²) >= 11 is 0. The van der Waals surface area contributed by atoms with Gasteiger partial charge in [-0.1, -0.05) is 60.2 Å². The lowest BCUT2D eigenvalue weighted by molar-refractivity contribution is 0.0606. The molecule has 140 valence electrons. The normalized spacial score (nSPS) is 29.3. The molecule has 2 aromatic rings. The topological polar surface area (TPSA) is 63.6 Å². The molecule has 0 spiro atoms. The number of carbonyl (C=O) groups excluding carboxylic acids is 2. The minimum absolute atomic E-state index is 0.0242. The number of hydrogen-bond donors (Lipinski definition) is 1. The molecule has 2 aliphatic carbocycles. The molecule has 5 rings (SSSR count). The zero-order valence-electron chi connectivity index (χ0n) is 15.7. The second-order valence-electron chi connectivity index (χ2n) is 8.07. The number of hydrogen-bond acceptors (Lipinski definition) is 4. The molecule has 1 N–H and O–H groups in total. The van der Waals surface area contributed by atoms with Gasteiger partial charge >= 0.3 is 7.12 Å². The van der Waals surface area contributed by atoms with Crippen molar-refractivity contribution >= 4 is 18.7 Å². The Kier molecular flexibility index (Phi) is 4.11. The lowest BCUT2D eigenvalue weighted by atomic mass is 9.54. The lowest BCUT2D eigenvalue weighted by Crippen LogP contribution is -2.48. The van der Waals surface area contributed by atoms with Gasteiger partial charge in [-0.3, -0.25) is 9.59 Å². The summed E-state index contributed by atoms with van der Waals surface area (Å²) in [7, 11) is -0.953. The van der Waals surface area contributed by atoms with Crippen molar-refractivity contribution in [3.8, 4) is 0 Å². The van der Waals surface area contributed by atoms with E-state index in [1.54, 1.807) is 18.2 Å². The maximum absolute atomic E-state index is 13.4. The van der Waals surface area contributed by atoms with Crippen LogP contribution in [0.4, 0.5) is 0 Å². The Labute approximate surface area is 164 Å². The van der Waals surface area contributed by atoms with Crippen molar-refractivity contribution in [2.45, 2.75) is 25.8 Å². The van der Waals surface area contributed by atoms with Crippen molar-refractivity contribution in [3.05, 3.63) is 82.4 Å². The Balaban J connectivity index is 1.64. The Morgan fingerprint density at radius 3 is 2.29 bits per heavy atom. The van der Waals surface area contributed by atoms with Crippen LogP contribution in [0.15, 0.2) is 65.7 Å². The molecule has 3 aliphatic rings. The molecule has 28 heavy (non-hydrogen) atoms. The second kappa shape index (κ2) is 6.54. The first kappa shape index (κ1) is 17.6. The van der Waals surface area contributed by atoms with Gasteiger partial charge in [0.15, 0.2) is 11.6 Å². The maximum atomic E-state index is 13.4. The van der Waals surface area contributed by atoms with Crippen molar-refractivity contribution in [2.24, 2.45) is 17.8 Å². The fraction of sp³-hybridized carbons (Fsp3) is 0.304. The monoisotopic (exact) mass is 372 g/mol. The first-order valence-electron chi connectivity index (χ1n) is 9.81. The van der Waals surface area contributed by atoms with Gasteiger partial charge in [-0.25, -0.2) is 0 Å². The van der Waals surface area contributed by atoms with Gasteiger partial charge in [-0.15, -0.1) is 0 Å². The van der Waals surface area contributed by atoms with E-state index in [9.17, 15) is 14.6 Å².